The van der Waals surface area contributed by atoms with Gasteiger partial charge < -0.3 is 14.9 Å². The highest BCUT2D eigenvalue weighted by molar-refractivity contribution is 6.23. The Morgan fingerprint density at radius 2 is 1.43 bits per heavy atom. The number of piperidine rings is 1. The number of nitrogens with one attached hydrogen (secondary N) is 1. The fourth-order valence-electron chi connectivity index (χ4n) is 11.1. The van der Waals surface area contributed by atoms with E-state index < -0.39 is 29.7 Å². The molecular formula is C49H51N5O6. The summed E-state index contributed by atoms with van der Waals surface area (Å²) in [6.45, 7) is 3.92. The molecule has 2 saturated heterocycles. The third-order valence-corrected chi connectivity index (χ3v) is 14.5. The molecule has 0 spiro atoms. The second kappa shape index (κ2) is 15.3. The molecule has 10 rings (SSSR count). The Hall–Kier alpha value is -5.81. The van der Waals surface area contributed by atoms with Gasteiger partial charge in [-0.15, -0.1) is 0 Å². The first kappa shape index (κ1) is 38.4. The van der Waals surface area contributed by atoms with Crippen LogP contribution in [0.15, 0.2) is 84.9 Å². The number of hydrogen-bond donors (Lipinski definition) is 2. The molecular weight excluding hydrogens is 755 g/mol. The summed E-state index contributed by atoms with van der Waals surface area (Å²) in [5.41, 5.74) is 8.70. The van der Waals surface area contributed by atoms with Crippen LogP contribution in [0.1, 0.15) is 111 Å². The number of aryl methyl sites for hydroxylation is 1. The largest absolute Gasteiger partial charge is 0.508 e. The maximum Gasteiger partial charge on any atom is 0.262 e. The molecule has 1 saturated carbocycles. The van der Waals surface area contributed by atoms with Crippen LogP contribution < -0.4 is 10.2 Å². The smallest absolute Gasteiger partial charge is 0.262 e. The minimum absolute atomic E-state index is 0.0239. The van der Waals surface area contributed by atoms with Gasteiger partial charge in [0.15, 0.2) is 0 Å². The summed E-state index contributed by atoms with van der Waals surface area (Å²) >= 11 is 0. The molecule has 6 aliphatic rings. The van der Waals surface area contributed by atoms with Crippen LogP contribution in [-0.4, -0.2) is 88.1 Å². The quantitative estimate of drug-likeness (QED) is 0.204. The van der Waals surface area contributed by atoms with Gasteiger partial charge in [-0.25, -0.2) is 0 Å². The van der Waals surface area contributed by atoms with Crippen LogP contribution in [0.5, 0.6) is 5.75 Å². The molecule has 11 heteroatoms. The van der Waals surface area contributed by atoms with Crippen molar-refractivity contribution in [1.82, 2.24) is 20.0 Å². The van der Waals surface area contributed by atoms with E-state index in [1.807, 2.05) is 17.0 Å². The van der Waals surface area contributed by atoms with Crippen molar-refractivity contribution in [2.45, 2.75) is 88.4 Å². The molecule has 5 amide bonds. The molecule has 308 valence electrons. The molecule has 0 aromatic heterocycles. The van der Waals surface area contributed by atoms with E-state index in [0.717, 1.165) is 74.2 Å². The number of likely N-dealkylation sites (N-methyl/N-ethyl adjacent to an activating group) is 1. The fourth-order valence-corrected chi connectivity index (χ4v) is 11.1. The van der Waals surface area contributed by atoms with E-state index >= 15 is 0 Å². The highest BCUT2D eigenvalue weighted by Crippen LogP contribution is 2.47. The van der Waals surface area contributed by atoms with E-state index in [4.69, 9.17) is 0 Å². The number of carbonyl (C=O) groups excluding carboxylic acids is 5. The Labute approximate surface area is 350 Å². The normalized spacial score (nSPS) is 25.4. The van der Waals surface area contributed by atoms with Crippen molar-refractivity contribution in [3.05, 3.63) is 129 Å². The third kappa shape index (κ3) is 6.86. The van der Waals surface area contributed by atoms with Crippen molar-refractivity contribution in [3.63, 3.8) is 0 Å². The maximum absolute atomic E-state index is 13.8. The summed E-state index contributed by atoms with van der Waals surface area (Å²) < 4.78 is 0. The van der Waals surface area contributed by atoms with Crippen molar-refractivity contribution < 1.29 is 29.1 Å². The summed E-state index contributed by atoms with van der Waals surface area (Å²) in [6, 6.07) is 28.8. The number of imide groups is 2. The van der Waals surface area contributed by atoms with Crippen LogP contribution in [0.4, 0.5) is 5.69 Å². The van der Waals surface area contributed by atoms with Crippen LogP contribution in [-0.2, 0) is 33.9 Å². The van der Waals surface area contributed by atoms with Gasteiger partial charge in [0.2, 0.25) is 17.7 Å². The second-order valence-corrected chi connectivity index (χ2v) is 18.0. The first-order valence-corrected chi connectivity index (χ1v) is 21.7. The van der Waals surface area contributed by atoms with E-state index in [1.54, 1.807) is 12.1 Å². The van der Waals surface area contributed by atoms with E-state index in [1.165, 1.54) is 27.9 Å². The Bertz CT molecular complexity index is 2340. The SMILES string of the molecule is CN(c1ccc([C@@H]2c3ccc(O)cc3CC[C@@H]2c2ccccc2)cc1)C1CN(CC2CCC(C(=O)N3Cc4cc5c(cc4C3)C(=O)N(C3CCC(=O)NC3=O)C5=O)CC2)C1. The molecule has 3 fully saturated rings. The fraction of sp³-hybridized carbons (Fsp3) is 0.408. The summed E-state index contributed by atoms with van der Waals surface area (Å²) in [5, 5.41) is 12.5. The topological polar surface area (TPSA) is 131 Å². The molecule has 2 N–H and O–H groups in total. The number of benzene rings is 4. The number of aromatic hydroxyl groups is 1. The predicted octanol–water partition coefficient (Wildman–Crippen LogP) is 6.12. The van der Waals surface area contributed by atoms with Crippen LogP contribution >= 0.6 is 0 Å². The van der Waals surface area contributed by atoms with Gasteiger partial charge in [-0.3, -0.25) is 39.1 Å². The molecule has 1 unspecified atom stereocenters. The maximum atomic E-state index is 13.8. The molecule has 4 aliphatic heterocycles. The number of anilines is 1. The van der Waals surface area contributed by atoms with Crippen molar-refractivity contribution in [1.29, 1.82) is 0 Å². The zero-order chi connectivity index (χ0) is 41.2. The van der Waals surface area contributed by atoms with Crippen LogP contribution in [0.2, 0.25) is 0 Å². The van der Waals surface area contributed by atoms with Gasteiger partial charge in [0.25, 0.3) is 11.8 Å². The Morgan fingerprint density at radius 1 is 0.750 bits per heavy atom. The summed E-state index contributed by atoms with van der Waals surface area (Å²) in [5.74, 6) is -0.435. The Morgan fingerprint density at radius 3 is 2.10 bits per heavy atom. The third-order valence-electron chi connectivity index (χ3n) is 14.5. The monoisotopic (exact) mass is 805 g/mol. The number of likely N-dealkylation sites (tertiary alicyclic amines) is 1. The summed E-state index contributed by atoms with van der Waals surface area (Å²) in [7, 11) is 2.20. The van der Waals surface area contributed by atoms with Gasteiger partial charge in [-0.1, -0.05) is 48.5 Å². The van der Waals surface area contributed by atoms with Crippen molar-refractivity contribution >= 4 is 35.2 Å². The number of nitrogens with zero attached hydrogens (tertiary/aromatic N) is 4. The van der Waals surface area contributed by atoms with E-state index in [9.17, 15) is 29.1 Å². The van der Waals surface area contributed by atoms with Gasteiger partial charge in [0.1, 0.15) is 11.8 Å². The van der Waals surface area contributed by atoms with Gasteiger partial charge in [0.05, 0.1) is 17.2 Å². The van der Waals surface area contributed by atoms with Crippen molar-refractivity contribution in [2.75, 3.05) is 31.6 Å². The zero-order valence-electron chi connectivity index (χ0n) is 34.0. The molecule has 3 atom stereocenters. The average Bonchev–Trinajstić information content (AvgIpc) is 3.77. The van der Waals surface area contributed by atoms with Gasteiger partial charge in [-0.2, -0.15) is 0 Å². The van der Waals surface area contributed by atoms with E-state index in [-0.39, 0.29) is 41.7 Å². The first-order chi connectivity index (χ1) is 29.1. The van der Waals surface area contributed by atoms with Gasteiger partial charge in [0, 0.05) is 63.7 Å². The minimum atomic E-state index is -0.996. The Kier molecular flexibility index (Phi) is 9.82. The van der Waals surface area contributed by atoms with E-state index in [0.29, 0.717) is 36.7 Å². The highest BCUT2D eigenvalue weighted by atomic mass is 16.3. The van der Waals surface area contributed by atoms with Crippen LogP contribution in [0, 0.1) is 11.8 Å². The zero-order valence-corrected chi connectivity index (χ0v) is 34.0. The Balaban J connectivity index is 0.706. The standard InChI is InChI=1S/C49H51N5O6/c1-51(36-14-11-31(12-15-36)45-39(30-5-3-2-4-6-30)17-13-33-21-38(55)16-18-40(33)45)37-27-52(28-37)24-29-7-9-32(10-8-29)47(58)53-25-34-22-41-42(23-35(34)26-53)49(60)54(48(41)59)43-19-20-44(56)50-46(43)57/h2-6,11-12,14-16,18,21-23,29,32,37,39,43,45,55H,7-10,13,17,19-20,24-28H2,1H3,(H,50,56,57)/t29?,32?,39-,43?,45+/m1/s1. The highest BCUT2D eigenvalue weighted by Gasteiger charge is 2.46. The summed E-state index contributed by atoms with van der Waals surface area (Å²) in [6.07, 6.45) is 5.99. The van der Waals surface area contributed by atoms with Crippen molar-refractivity contribution in [3.8, 4) is 5.75 Å². The van der Waals surface area contributed by atoms with Crippen LogP contribution in [0.3, 0.4) is 0 Å². The number of amides is 5. The number of phenols is 1. The lowest BCUT2D eigenvalue weighted by Crippen LogP contribution is -2.59. The van der Waals surface area contributed by atoms with Crippen molar-refractivity contribution in [2.24, 2.45) is 11.8 Å². The van der Waals surface area contributed by atoms with Gasteiger partial charge in [-0.05, 0) is 127 Å². The molecule has 4 aromatic rings. The molecule has 0 bridgehead atoms. The number of hydrogen-bond acceptors (Lipinski definition) is 8. The molecule has 0 radical (unpaired) electrons. The lowest BCUT2D eigenvalue weighted by Gasteiger charge is -2.47. The molecule has 4 aromatic carbocycles. The van der Waals surface area contributed by atoms with Gasteiger partial charge >= 0.3 is 0 Å². The first-order valence-electron chi connectivity index (χ1n) is 21.7. The second-order valence-electron chi connectivity index (χ2n) is 18.0. The van der Waals surface area contributed by atoms with E-state index in [2.05, 4.69) is 82.8 Å². The lowest BCUT2D eigenvalue weighted by molar-refractivity contribution is -0.138. The van der Waals surface area contributed by atoms with Crippen LogP contribution in [0.25, 0.3) is 0 Å². The number of carbonyl (C=O) groups is 5. The predicted molar refractivity (Wildman–Crippen MR) is 225 cm³/mol. The number of fused-ring (bicyclic) bond motifs is 3. The molecule has 11 nitrogen and oxygen atoms in total. The molecule has 4 heterocycles. The number of phenolic OH excluding ortho intramolecular Hbond substituents is 1. The lowest BCUT2D eigenvalue weighted by atomic mass is 9.69. The summed E-state index contributed by atoms with van der Waals surface area (Å²) in [4.78, 5) is 72.4. The minimum Gasteiger partial charge on any atom is -0.508 e. The molecule has 60 heavy (non-hydrogen) atoms. The average molecular weight is 806 g/mol. The number of rotatable bonds is 8. The molecule has 2 aliphatic carbocycles.